The molecule has 2 aromatic heterocycles. The van der Waals surface area contributed by atoms with E-state index in [0.29, 0.717) is 17.8 Å². The van der Waals surface area contributed by atoms with E-state index in [1.54, 1.807) is 31.4 Å². The molecular weight excluding hydrogens is 366 g/mol. The normalized spacial score (nSPS) is 12.0. The molecule has 7 heteroatoms. The van der Waals surface area contributed by atoms with E-state index in [-0.39, 0.29) is 0 Å². The molecule has 3 aromatic rings. The quantitative estimate of drug-likeness (QED) is 0.733. The van der Waals surface area contributed by atoms with Crippen molar-refractivity contribution in [3.8, 4) is 23.3 Å². The van der Waals surface area contributed by atoms with Crippen molar-refractivity contribution in [1.82, 2.24) is 14.7 Å². The summed E-state index contributed by atoms with van der Waals surface area (Å²) >= 11 is 0. The van der Waals surface area contributed by atoms with Crippen molar-refractivity contribution in [2.45, 2.75) is 38.8 Å². The molecule has 0 bridgehead atoms. The molecule has 7 nitrogen and oxygen atoms in total. The van der Waals surface area contributed by atoms with E-state index in [1.165, 1.54) is 0 Å². The van der Waals surface area contributed by atoms with Crippen molar-refractivity contribution < 1.29 is 9.53 Å². The minimum Gasteiger partial charge on any atom is -0.444 e. The molecular formula is C22H21N5O2. The lowest BCUT2D eigenvalue weighted by atomic mass is 10.0. The first-order chi connectivity index (χ1) is 13.8. The fourth-order valence-electron chi connectivity index (χ4n) is 2.88. The molecule has 0 saturated carbocycles. The van der Waals surface area contributed by atoms with Gasteiger partial charge in [0.25, 0.3) is 0 Å². The Bertz CT molecular complexity index is 1110. The van der Waals surface area contributed by atoms with E-state index >= 15 is 0 Å². The molecule has 0 spiro atoms. The molecule has 1 N–H and O–H groups in total. The Balaban J connectivity index is 1.72. The van der Waals surface area contributed by atoms with Gasteiger partial charge in [0.2, 0.25) is 0 Å². The van der Waals surface area contributed by atoms with Crippen LogP contribution in [0.1, 0.15) is 32.0 Å². The summed E-state index contributed by atoms with van der Waals surface area (Å²) in [6.45, 7) is 5.31. The Kier molecular flexibility index (Phi) is 5.52. The number of nitrogens with one attached hydrogen (secondary N) is 1. The van der Waals surface area contributed by atoms with Crippen LogP contribution in [0.4, 0.5) is 4.79 Å². The summed E-state index contributed by atoms with van der Waals surface area (Å²) in [5.41, 5.74) is 3.41. The number of nitriles is 2. The number of imidazole rings is 1. The number of hydrogen-bond acceptors (Lipinski definition) is 5. The SMILES string of the molecule is CC(C)(C)OC(=O)N[C@H](C#N)Cc1ccc(-c2ccc3ncc(C#N)n3c2)cc1. The van der Waals surface area contributed by atoms with Crippen molar-refractivity contribution in [2.75, 3.05) is 0 Å². The zero-order valence-corrected chi connectivity index (χ0v) is 16.5. The predicted octanol–water partition coefficient (Wildman–Crippen LogP) is 3.83. The molecule has 29 heavy (non-hydrogen) atoms. The summed E-state index contributed by atoms with van der Waals surface area (Å²) in [6.07, 6.45) is 3.18. The van der Waals surface area contributed by atoms with Gasteiger partial charge < -0.3 is 10.1 Å². The summed E-state index contributed by atoms with van der Waals surface area (Å²) in [4.78, 5) is 16.1. The van der Waals surface area contributed by atoms with Gasteiger partial charge in [-0.2, -0.15) is 10.5 Å². The number of hydrogen-bond donors (Lipinski definition) is 1. The molecule has 3 rings (SSSR count). The smallest absolute Gasteiger partial charge is 0.408 e. The molecule has 1 amide bonds. The van der Waals surface area contributed by atoms with Crippen LogP contribution in [-0.2, 0) is 11.2 Å². The summed E-state index contributed by atoms with van der Waals surface area (Å²) < 4.78 is 6.95. The largest absolute Gasteiger partial charge is 0.444 e. The van der Waals surface area contributed by atoms with E-state index in [0.717, 1.165) is 16.7 Å². The number of nitrogens with zero attached hydrogens (tertiary/aromatic N) is 4. The lowest BCUT2D eigenvalue weighted by Crippen LogP contribution is -2.39. The molecule has 2 heterocycles. The number of aromatic nitrogens is 2. The van der Waals surface area contributed by atoms with Gasteiger partial charge in [-0.25, -0.2) is 9.78 Å². The fraction of sp³-hybridized carbons (Fsp3) is 0.273. The molecule has 146 valence electrons. The summed E-state index contributed by atoms with van der Waals surface area (Å²) in [5.74, 6) is 0. The topological polar surface area (TPSA) is 103 Å². The third kappa shape index (κ3) is 4.91. The van der Waals surface area contributed by atoms with Crippen LogP contribution < -0.4 is 5.32 Å². The fourth-order valence-corrected chi connectivity index (χ4v) is 2.88. The minimum absolute atomic E-state index is 0.370. The number of benzene rings is 1. The van der Waals surface area contributed by atoms with Gasteiger partial charge in [0.05, 0.1) is 12.3 Å². The van der Waals surface area contributed by atoms with Crippen LogP contribution >= 0.6 is 0 Å². The summed E-state index contributed by atoms with van der Waals surface area (Å²) in [5, 5.41) is 21.1. The van der Waals surface area contributed by atoms with Gasteiger partial charge in [-0.15, -0.1) is 0 Å². The first kappa shape index (κ1) is 19.9. The minimum atomic E-state index is -0.684. The van der Waals surface area contributed by atoms with Gasteiger partial charge in [-0.05, 0) is 49.6 Å². The number of ether oxygens (including phenoxy) is 1. The number of pyridine rings is 1. The molecule has 0 aliphatic rings. The van der Waals surface area contributed by atoms with E-state index in [9.17, 15) is 15.3 Å². The zero-order valence-electron chi connectivity index (χ0n) is 16.5. The van der Waals surface area contributed by atoms with E-state index in [4.69, 9.17) is 4.74 Å². The van der Waals surface area contributed by atoms with Crippen molar-refractivity contribution in [1.29, 1.82) is 10.5 Å². The number of alkyl carbamates (subject to hydrolysis) is 1. The second-order valence-corrected chi connectivity index (χ2v) is 7.63. The van der Waals surface area contributed by atoms with Crippen molar-refractivity contribution in [3.63, 3.8) is 0 Å². The third-order valence-corrected chi connectivity index (χ3v) is 4.19. The van der Waals surface area contributed by atoms with Gasteiger partial charge in [-0.3, -0.25) is 4.40 Å². The van der Waals surface area contributed by atoms with Crippen LogP contribution in [0, 0.1) is 22.7 Å². The van der Waals surface area contributed by atoms with Crippen molar-refractivity contribution in [2.24, 2.45) is 0 Å². The predicted molar refractivity (Wildman–Crippen MR) is 108 cm³/mol. The lowest BCUT2D eigenvalue weighted by molar-refractivity contribution is 0.0516. The Morgan fingerprint density at radius 1 is 1.17 bits per heavy atom. The lowest BCUT2D eigenvalue weighted by Gasteiger charge is -2.21. The molecule has 0 saturated heterocycles. The maximum absolute atomic E-state index is 11.9. The van der Waals surface area contributed by atoms with Gasteiger partial charge in [0, 0.05) is 12.6 Å². The van der Waals surface area contributed by atoms with Crippen molar-refractivity contribution in [3.05, 3.63) is 60.0 Å². The van der Waals surface area contributed by atoms with Crippen LogP contribution in [0.15, 0.2) is 48.8 Å². The second kappa shape index (κ2) is 8.04. The summed E-state index contributed by atoms with van der Waals surface area (Å²) in [7, 11) is 0. The number of amides is 1. The highest BCUT2D eigenvalue weighted by Crippen LogP contribution is 2.22. The molecule has 1 aromatic carbocycles. The highest BCUT2D eigenvalue weighted by atomic mass is 16.6. The van der Waals surface area contributed by atoms with E-state index < -0.39 is 17.7 Å². The Labute approximate surface area is 169 Å². The molecule has 0 radical (unpaired) electrons. The maximum Gasteiger partial charge on any atom is 0.408 e. The van der Waals surface area contributed by atoms with Gasteiger partial charge in [0.1, 0.15) is 29.1 Å². The summed E-state index contributed by atoms with van der Waals surface area (Å²) in [6, 6.07) is 15.1. The first-order valence-electron chi connectivity index (χ1n) is 9.15. The molecule has 0 aliphatic heterocycles. The number of carbonyl (C=O) groups excluding carboxylic acids is 1. The van der Waals surface area contributed by atoms with Gasteiger partial charge in [0.15, 0.2) is 0 Å². The highest BCUT2D eigenvalue weighted by molar-refractivity contribution is 5.69. The first-order valence-corrected chi connectivity index (χ1v) is 9.15. The molecule has 0 unspecified atom stereocenters. The maximum atomic E-state index is 11.9. The van der Waals surface area contributed by atoms with Gasteiger partial charge >= 0.3 is 6.09 Å². The Hall–Kier alpha value is -3.84. The van der Waals surface area contributed by atoms with E-state index in [1.807, 2.05) is 42.6 Å². The molecule has 1 atom stereocenters. The zero-order chi connectivity index (χ0) is 21.0. The van der Waals surface area contributed by atoms with Gasteiger partial charge in [-0.1, -0.05) is 24.3 Å². The van der Waals surface area contributed by atoms with Crippen LogP contribution in [0.2, 0.25) is 0 Å². The number of carbonyl (C=O) groups is 1. The molecule has 0 aliphatic carbocycles. The average molecular weight is 387 g/mol. The Morgan fingerprint density at radius 2 is 1.86 bits per heavy atom. The number of rotatable bonds is 4. The van der Waals surface area contributed by atoms with Crippen LogP contribution in [0.5, 0.6) is 0 Å². The molecule has 0 fully saturated rings. The monoisotopic (exact) mass is 387 g/mol. The standard InChI is InChI=1S/C22H21N5O2/c1-22(2,3)29-21(28)26-18(11-23)10-15-4-6-16(7-5-15)17-8-9-20-25-13-19(12-24)27(20)14-17/h4-9,13-14,18H,10H2,1-3H3,(H,26,28)/t18-/m0/s1. The second-order valence-electron chi connectivity index (χ2n) is 7.63. The number of fused-ring (bicyclic) bond motifs is 1. The Morgan fingerprint density at radius 3 is 2.48 bits per heavy atom. The van der Waals surface area contributed by atoms with Crippen LogP contribution in [0.25, 0.3) is 16.8 Å². The van der Waals surface area contributed by atoms with E-state index in [2.05, 4.69) is 22.4 Å². The third-order valence-electron chi connectivity index (χ3n) is 4.19. The highest BCUT2D eigenvalue weighted by Gasteiger charge is 2.19. The van der Waals surface area contributed by atoms with Crippen molar-refractivity contribution >= 4 is 11.7 Å². The van der Waals surface area contributed by atoms with Crippen LogP contribution in [0.3, 0.4) is 0 Å². The average Bonchev–Trinajstić information content (AvgIpc) is 3.09. The van der Waals surface area contributed by atoms with Crippen LogP contribution in [-0.4, -0.2) is 27.1 Å².